The predicted molar refractivity (Wildman–Crippen MR) is 54.6 cm³/mol. The summed E-state index contributed by atoms with van der Waals surface area (Å²) < 4.78 is 10.6. The third-order valence-electron chi connectivity index (χ3n) is 2.15. The lowest BCUT2D eigenvalue weighted by atomic mass is 9.79. The normalized spacial score (nSPS) is 14.7. The van der Waals surface area contributed by atoms with Crippen molar-refractivity contribution in [2.24, 2.45) is 0 Å². The van der Waals surface area contributed by atoms with E-state index < -0.39 is 7.12 Å². The summed E-state index contributed by atoms with van der Waals surface area (Å²) in [6.45, 7) is 4.43. The first-order valence-electron chi connectivity index (χ1n) is 4.76. The molecule has 1 aliphatic rings. The summed E-state index contributed by atoms with van der Waals surface area (Å²) in [5.74, 6) is 0.781. The summed E-state index contributed by atoms with van der Waals surface area (Å²) in [7, 11) is -0.791. The lowest BCUT2D eigenvalue weighted by molar-refractivity contribution is 0.242. The zero-order chi connectivity index (χ0) is 10.1. The molecule has 14 heavy (non-hydrogen) atoms. The molecule has 0 saturated carbocycles. The maximum absolute atomic E-state index is 9.46. The fourth-order valence-corrected chi connectivity index (χ4v) is 1.54. The second-order valence-electron chi connectivity index (χ2n) is 3.69. The van der Waals surface area contributed by atoms with Crippen molar-refractivity contribution in [1.29, 1.82) is 0 Å². The van der Waals surface area contributed by atoms with Gasteiger partial charge in [0.25, 0.3) is 0 Å². The predicted octanol–water partition coefficient (Wildman–Crippen LogP) is 0.692. The largest absolute Gasteiger partial charge is 0.491 e. The van der Waals surface area contributed by atoms with Crippen molar-refractivity contribution in [3.8, 4) is 5.75 Å². The third-order valence-corrected chi connectivity index (χ3v) is 2.15. The zero-order valence-corrected chi connectivity index (χ0v) is 8.36. The molecule has 0 aromatic heterocycles. The van der Waals surface area contributed by atoms with Crippen molar-refractivity contribution in [1.82, 2.24) is 0 Å². The van der Waals surface area contributed by atoms with Gasteiger partial charge in [0, 0.05) is 0 Å². The summed E-state index contributed by atoms with van der Waals surface area (Å²) in [6, 6.07) is 5.68. The molecule has 0 unspecified atom stereocenters. The Labute approximate surface area is 83.8 Å². The van der Waals surface area contributed by atoms with Crippen molar-refractivity contribution in [3.63, 3.8) is 0 Å². The highest BCUT2D eigenvalue weighted by atomic mass is 16.5. The van der Waals surface area contributed by atoms with Crippen LogP contribution >= 0.6 is 0 Å². The van der Waals surface area contributed by atoms with Crippen molar-refractivity contribution >= 4 is 12.6 Å². The summed E-state index contributed by atoms with van der Waals surface area (Å²) in [5.41, 5.74) is 1.86. The van der Waals surface area contributed by atoms with Gasteiger partial charge in [-0.05, 0) is 37.0 Å². The SMILES string of the molecule is CC(C)Oc1ccc2c(c1)B(O)OC2. The smallest absolute Gasteiger partial charge is 0.491 e. The Kier molecular flexibility index (Phi) is 2.48. The Morgan fingerprint density at radius 1 is 1.50 bits per heavy atom. The first-order valence-corrected chi connectivity index (χ1v) is 4.76. The molecule has 1 heterocycles. The molecule has 2 rings (SSSR count). The van der Waals surface area contributed by atoms with E-state index in [9.17, 15) is 5.02 Å². The molecule has 1 aromatic rings. The van der Waals surface area contributed by atoms with E-state index in [1.54, 1.807) is 0 Å². The summed E-state index contributed by atoms with van der Waals surface area (Å²) >= 11 is 0. The average molecular weight is 192 g/mol. The number of hydrogen-bond donors (Lipinski definition) is 1. The average Bonchev–Trinajstić information content (AvgIpc) is 2.47. The molecule has 0 spiro atoms. The lowest BCUT2D eigenvalue weighted by Gasteiger charge is -2.10. The van der Waals surface area contributed by atoms with Crippen molar-refractivity contribution in [3.05, 3.63) is 23.8 Å². The van der Waals surface area contributed by atoms with Gasteiger partial charge in [0.1, 0.15) is 5.75 Å². The number of fused-ring (bicyclic) bond motifs is 1. The topological polar surface area (TPSA) is 38.7 Å². The molecule has 0 bridgehead atoms. The van der Waals surface area contributed by atoms with Gasteiger partial charge in [-0.3, -0.25) is 0 Å². The van der Waals surface area contributed by atoms with Gasteiger partial charge in [0.15, 0.2) is 0 Å². The van der Waals surface area contributed by atoms with Gasteiger partial charge in [-0.1, -0.05) is 6.07 Å². The zero-order valence-electron chi connectivity index (χ0n) is 8.36. The molecule has 74 valence electrons. The second kappa shape index (κ2) is 3.63. The summed E-state index contributed by atoms with van der Waals surface area (Å²) in [6.07, 6.45) is 0.146. The number of benzene rings is 1. The molecule has 0 aliphatic carbocycles. The van der Waals surface area contributed by atoms with Gasteiger partial charge in [-0.25, -0.2) is 0 Å². The molecular formula is C10H13BO3. The maximum atomic E-state index is 9.46. The highest BCUT2D eigenvalue weighted by Crippen LogP contribution is 2.17. The van der Waals surface area contributed by atoms with Crippen molar-refractivity contribution < 1.29 is 14.4 Å². The summed E-state index contributed by atoms with van der Waals surface area (Å²) in [4.78, 5) is 0. The fraction of sp³-hybridized carbons (Fsp3) is 0.400. The first kappa shape index (κ1) is 9.56. The molecule has 3 nitrogen and oxygen atoms in total. The Morgan fingerprint density at radius 3 is 3.00 bits per heavy atom. The van der Waals surface area contributed by atoms with Crippen LogP contribution in [-0.2, 0) is 11.3 Å². The number of ether oxygens (including phenoxy) is 1. The van der Waals surface area contributed by atoms with Crippen molar-refractivity contribution in [2.75, 3.05) is 0 Å². The van der Waals surface area contributed by atoms with Gasteiger partial charge in [0.05, 0.1) is 12.7 Å². The van der Waals surface area contributed by atoms with Gasteiger partial charge in [0.2, 0.25) is 0 Å². The molecular weight excluding hydrogens is 179 g/mol. The Balaban J connectivity index is 2.26. The van der Waals surface area contributed by atoms with Crippen LogP contribution in [-0.4, -0.2) is 18.2 Å². The first-order chi connectivity index (χ1) is 6.66. The van der Waals surface area contributed by atoms with Crippen LogP contribution in [0.25, 0.3) is 0 Å². The van der Waals surface area contributed by atoms with E-state index in [2.05, 4.69) is 0 Å². The van der Waals surface area contributed by atoms with Crippen LogP contribution in [0.3, 0.4) is 0 Å². The van der Waals surface area contributed by atoms with Crippen molar-refractivity contribution in [2.45, 2.75) is 26.6 Å². The molecule has 0 atom stereocenters. The van der Waals surface area contributed by atoms with Gasteiger partial charge >= 0.3 is 7.12 Å². The Hall–Kier alpha value is -0.995. The van der Waals surface area contributed by atoms with Crippen LogP contribution < -0.4 is 10.2 Å². The number of hydrogen-bond acceptors (Lipinski definition) is 3. The second-order valence-corrected chi connectivity index (χ2v) is 3.69. The standard InChI is InChI=1S/C10H13BO3/c1-7(2)14-9-4-3-8-6-13-11(12)10(8)5-9/h3-5,7,12H,6H2,1-2H3. The minimum absolute atomic E-state index is 0.146. The molecule has 1 aromatic carbocycles. The quantitative estimate of drug-likeness (QED) is 0.700. The summed E-state index contributed by atoms with van der Waals surface area (Å²) in [5, 5.41) is 9.46. The van der Waals surface area contributed by atoms with Gasteiger partial charge < -0.3 is 14.4 Å². The molecule has 0 fully saturated rings. The van der Waals surface area contributed by atoms with E-state index in [-0.39, 0.29) is 6.10 Å². The monoisotopic (exact) mass is 192 g/mol. The highest BCUT2D eigenvalue weighted by Gasteiger charge is 2.27. The minimum atomic E-state index is -0.791. The third kappa shape index (κ3) is 1.76. The molecule has 1 N–H and O–H groups in total. The fourth-order valence-electron chi connectivity index (χ4n) is 1.54. The van der Waals surface area contributed by atoms with Gasteiger partial charge in [-0.2, -0.15) is 0 Å². The lowest BCUT2D eigenvalue weighted by Crippen LogP contribution is -2.28. The molecule has 1 aliphatic heterocycles. The van der Waals surface area contributed by atoms with Crippen LogP contribution in [0, 0.1) is 0 Å². The Morgan fingerprint density at radius 2 is 2.29 bits per heavy atom. The Bertz CT molecular complexity index is 338. The minimum Gasteiger partial charge on any atom is -0.491 e. The number of rotatable bonds is 2. The van der Waals surface area contributed by atoms with E-state index in [1.807, 2.05) is 32.0 Å². The van der Waals surface area contributed by atoms with E-state index in [0.29, 0.717) is 6.61 Å². The van der Waals surface area contributed by atoms with E-state index in [0.717, 1.165) is 16.8 Å². The molecule has 0 saturated heterocycles. The maximum Gasteiger partial charge on any atom is 0.491 e. The molecule has 0 radical (unpaired) electrons. The molecule has 0 amide bonds. The van der Waals surface area contributed by atoms with E-state index in [1.165, 1.54) is 0 Å². The van der Waals surface area contributed by atoms with E-state index >= 15 is 0 Å². The molecule has 4 heteroatoms. The van der Waals surface area contributed by atoms with Crippen LogP contribution in [0.15, 0.2) is 18.2 Å². The van der Waals surface area contributed by atoms with Gasteiger partial charge in [-0.15, -0.1) is 0 Å². The van der Waals surface area contributed by atoms with Crippen LogP contribution in [0.5, 0.6) is 5.75 Å². The van der Waals surface area contributed by atoms with Crippen LogP contribution in [0.4, 0.5) is 0 Å². The highest BCUT2D eigenvalue weighted by molar-refractivity contribution is 6.61. The van der Waals surface area contributed by atoms with E-state index in [4.69, 9.17) is 9.39 Å². The van der Waals surface area contributed by atoms with Crippen LogP contribution in [0.1, 0.15) is 19.4 Å². The van der Waals surface area contributed by atoms with Crippen LogP contribution in [0.2, 0.25) is 0 Å².